The first-order valence-corrected chi connectivity index (χ1v) is 7.54. The van der Waals surface area contributed by atoms with Crippen molar-refractivity contribution in [3.63, 3.8) is 0 Å². The molecule has 0 saturated carbocycles. The highest BCUT2D eigenvalue weighted by Crippen LogP contribution is 2.22. The summed E-state index contributed by atoms with van der Waals surface area (Å²) in [5.41, 5.74) is 6.78. The van der Waals surface area contributed by atoms with Crippen LogP contribution in [-0.4, -0.2) is 23.5 Å². The Bertz CT molecular complexity index is 544. The van der Waals surface area contributed by atoms with E-state index < -0.39 is 0 Å². The van der Waals surface area contributed by atoms with E-state index in [1.54, 1.807) is 17.4 Å². The molecule has 2 aromatic rings. The van der Waals surface area contributed by atoms with E-state index in [0.29, 0.717) is 0 Å². The molecule has 2 aromatic heterocycles. The fourth-order valence-corrected chi connectivity index (χ4v) is 3.06. The van der Waals surface area contributed by atoms with Crippen LogP contribution in [0.3, 0.4) is 0 Å². The fraction of sp³-hybridized carbons (Fsp3) is 0.357. The first-order valence-electron chi connectivity index (χ1n) is 6.34. The molecule has 2 rings (SSSR count). The van der Waals surface area contributed by atoms with Gasteiger partial charge in [0.1, 0.15) is 5.82 Å². The van der Waals surface area contributed by atoms with Crippen molar-refractivity contribution in [1.29, 1.82) is 0 Å². The van der Waals surface area contributed by atoms with Gasteiger partial charge in [-0.2, -0.15) is 0 Å². The maximum absolute atomic E-state index is 12.8. The van der Waals surface area contributed by atoms with Crippen molar-refractivity contribution in [3.05, 3.63) is 51.2 Å². The molecule has 0 radical (unpaired) electrons. The monoisotopic (exact) mass is 313 g/mol. The van der Waals surface area contributed by atoms with Crippen molar-refractivity contribution in [2.24, 2.45) is 5.73 Å². The van der Waals surface area contributed by atoms with Gasteiger partial charge in [0.15, 0.2) is 0 Å². The van der Waals surface area contributed by atoms with E-state index in [4.69, 9.17) is 17.3 Å². The van der Waals surface area contributed by atoms with Crippen LogP contribution in [0.25, 0.3) is 0 Å². The number of pyridine rings is 1. The maximum atomic E-state index is 12.8. The largest absolute Gasteiger partial charge is 0.323 e. The highest BCUT2D eigenvalue weighted by atomic mass is 35.5. The highest BCUT2D eigenvalue weighted by molar-refractivity contribution is 7.16. The minimum atomic E-state index is -0.340. The van der Waals surface area contributed by atoms with Crippen LogP contribution in [0.4, 0.5) is 4.39 Å². The summed E-state index contributed by atoms with van der Waals surface area (Å²) in [7, 11) is 2.04. The molecule has 1 unspecified atom stereocenters. The van der Waals surface area contributed by atoms with Gasteiger partial charge >= 0.3 is 0 Å². The van der Waals surface area contributed by atoms with Crippen LogP contribution in [0.15, 0.2) is 30.5 Å². The lowest BCUT2D eigenvalue weighted by atomic mass is 10.1. The number of aromatic nitrogens is 1. The van der Waals surface area contributed by atoms with Crippen LogP contribution >= 0.6 is 22.9 Å². The van der Waals surface area contributed by atoms with Gasteiger partial charge in [-0.1, -0.05) is 11.6 Å². The first-order chi connectivity index (χ1) is 9.54. The summed E-state index contributed by atoms with van der Waals surface area (Å²) in [6.45, 7) is 1.69. The van der Waals surface area contributed by atoms with Crippen molar-refractivity contribution < 1.29 is 4.39 Å². The lowest BCUT2D eigenvalue weighted by Gasteiger charge is -2.18. The zero-order chi connectivity index (χ0) is 14.5. The number of hydrogen-bond donors (Lipinski definition) is 1. The van der Waals surface area contributed by atoms with Crippen LogP contribution in [-0.2, 0) is 6.54 Å². The molecule has 6 heteroatoms. The molecular weight excluding hydrogens is 297 g/mol. The summed E-state index contributed by atoms with van der Waals surface area (Å²) in [5.74, 6) is -0.340. The zero-order valence-electron chi connectivity index (χ0n) is 11.2. The summed E-state index contributed by atoms with van der Waals surface area (Å²) >= 11 is 7.49. The average Bonchev–Trinajstić information content (AvgIpc) is 2.82. The zero-order valence-corrected chi connectivity index (χ0v) is 12.8. The quantitative estimate of drug-likeness (QED) is 0.888. The highest BCUT2D eigenvalue weighted by Gasteiger charge is 2.10. The SMILES string of the molecule is CN(CCC(N)c1ccc(F)cn1)Cc1ccc(Cl)s1. The molecule has 0 bridgehead atoms. The molecule has 20 heavy (non-hydrogen) atoms. The summed E-state index contributed by atoms with van der Waals surface area (Å²) in [6.07, 6.45) is 1.97. The smallest absolute Gasteiger partial charge is 0.141 e. The minimum absolute atomic E-state index is 0.176. The predicted molar refractivity (Wildman–Crippen MR) is 81.4 cm³/mol. The Kier molecular flexibility index (Phi) is 5.48. The Morgan fingerprint density at radius 2 is 2.20 bits per heavy atom. The number of halogens is 2. The maximum Gasteiger partial charge on any atom is 0.141 e. The Morgan fingerprint density at radius 3 is 2.80 bits per heavy atom. The van der Waals surface area contributed by atoms with Crippen molar-refractivity contribution in [1.82, 2.24) is 9.88 Å². The fourth-order valence-electron chi connectivity index (χ4n) is 1.90. The van der Waals surface area contributed by atoms with Crippen molar-refractivity contribution >= 4 is 22.9 Å². The third-order valence-electron chi connectivity index (χ3n) is 3.01. The van der Waals surface area contributed by atoms with Crippen LogP contribution in [0.5, 0.6) is 0 Å². The van der Waals surface area contributed by atoms with E-state index in [0.717, 1.165) is 29.5 Å². The number of hydrogen-bond acceptors (Lipinski definition) is 4. The molecule has 0 saturated heterocycles. The van der Waals surface area contributed by atoms with Gasteiger partial charge < -0.3 is 10.6 Å². The molecule has 3 nitrogen and oxygen atoms in total. The second-order valence-electron chi connectivity index (χ2n) is 4.74. The van der Waals surface area contributed by atoms with Crippen molar-refractivity contribution in [2.75, 3.05) is 13.6 Å². The van der Waals surface area contributed by atoms with Gasteiger partial charge in [-0.15, -0.1) is 11.3 Å². The van der Waals surface area contributed by atoms with Crippen LogP contribution < -0.4 is 5.73 Å². The molecule has 2 N–H and O–H groups in total. The van der Waals surface area contributed by atoms with E-state index in [-0.39, 0.29) is 11.9 Å². The van der Waals surface area contributed by atoms with Crippen LogP contribution in [0.2, 0.25) is 4.34 Å². The summed E-state index contributed by atoms with van der Waals surface area (Å²) in [6, 6.07) is 6.79. The molecule has 0 aliphatic rings. The molecule has 0 spiro atoms. The van der Waals surface area contributed by atoms with E-state index in [1.807, 2.05) is 19.2 Å². The summed E-state index contributed by atoms with van der Waals surface area (Å²) in [4.78, 5) is 7.42. The van der Waals surface area contributed by atoms with Gasteiger partial charge in [-0.25, -0.2) is 4.39 Å². The number of rotatable bonds is 6. The molecule has 0 amide bonds. The van der Waals surface area contributed by atoms with Crippen LogP contribution in [0.1, 0.15) is 23.0 Å². The Hall–Kier alpha value is -1.01. The van der Waals surface area contributed by atoms with Gasteiger partial charge in [-0.05, 0) is 37.7 Å². The van der Waals surface area contributed by atoms with E-state index in [1.165, 1.54) is 17.1 Å². The second kappa shape index (κ2) is 7.13. The molecule has 0 aliphatic carbocycles. The standard InChI is InChI=1S/C14H17ClFN3S/c1-19(9-11-3-5-14(15)20-11)7-6-12(17)13-4-2-10(16)8-18-13/h2-5,8,12H,6-7,9,17H2,1H3. The average molecular weight is 314 g/mol. The van der Waals surface area contributed by atoms with Gasteiger partial charge in [0.05, 0.1) is 16.2 Å². The lowest BCUT2D eigenvalue weighted by Crippen LogP contribution is -2.23. The third-order valence-corrected chi connectivity index (χ3v) is 4.22. The van der Waals surface area contributed by atoms with Gasteiger partial charge in [0.2, 0.25) is 0 Å². The normalized spacial score (nSPS) is 12.8. The van der Waals surface area contributed by atoms with E-state index >= 15 is 0 Å². The number of nitrogens with zero attached hydrogens (tertiary/aromatic N) is 2. The molecule has 2 heterocycles. The first kappa shape index (κ1) is 15.4. The lowest BCUT2D eigenvalue weighted by molar-refractivity contribution is 0.313. The molecule has 0 aliphatic heterocycles. The summed E-state index contributed by atoms with van der Waals surface area (Å²) < 4.78 is 13.6. The molecular formula is C14H17ClFN3S. The van der Waals surface area contributed by atoms with E-state index in [9.17, 15) is 4.39 Å². The topological polar surface area (TPSA) is 42.1 Å². The van der Waals surface area contributed by atoms with Crippen molar-refractivity contribution in [3.8, 4) is 0 Å². The predicted octanol–water partition coefficient (Wildman–Crippen LogP) is 3.46. The van der Waals surface area contributed by atoms with Gasteiger partial charge in [0, 0.05) is 24.0 Å². The van der Waals surface area contributed by atoms with Gasteiger partial charge in [0.25, 0.3) is 0 Å². The molecule has 1 atom stereocenters. The number of thiophene rings is 1. The third kappa shape index (κ3) is 4.52. The Balaban J connectivity index is 1.80. The number of nitrogens with two attached hydrogens (primary N) is 1. The molecule has 0 aromatic carbocycles. The van der Waals surface area contributed by atoms with E-state index in [2.05, 4.69) is 9.88 Å². The second-order valence-corrected chi connectivity index (χ2v) is 6.54. The van der Waals surface area contributed by atoms with Crippen molar-refractivity contribution in [2.45, 2.75) is 19.0 Å². The Labute approximate surface area is 127 Å². The molecule has 108 valence electrons. The van der Waals surface area contributed by atoms with Gasteiger partial charge in [-0.3, -0.25) is 4.98 Å². The summed E-state index contributed by atoms with van der Waals surface area (Å²) in [5, 5.41) is 0. The molecule has 0 fully saturated rings. The minimum Gasteiger partial charge on any atom is -0.323 e. The van der Waals surface area contributed by atoms with Crippen LogP contribution in [0, 0.1) is 5.82 Å². The Morgan fingerprint density at radius 1 is 1.40 bits per heavy atom.